The van der Waals surface area contributed by atoms with Gasteiger partial charge < -0.3 is 20.7 Å². The zero-order chi connectivity index (χ0) is 23.4. The molecule has 2 aromatic carbocycles. The molecule has 0 aliphatic carbocycles. The number of carboxylic acid groups (broad SMARTS) is 1. The number of aliphatic carboxylic acids is 1. The van der Waals surface area contributed by atoms with Crippen LogP contribution in [0.3, 0.4) is 0 Å². The van der Waals surface area contributed by atoms with Crippen LogP contribution in [-0.2, 0) is 17.8 Å². The third kappa shape index (κ3) is 5.59. The summed E-state index contributed by atoms with van der Waals surface area (Å²) in [5.74, 6) is -0.140. The van der Waals surface area contributed by atoms with Gasteiger partial charge in [-0.2, -0.15) is 4.37 Å². The maximum atomic E-state index is 12.0. The quantitative estimate of drug-likeness (QED) is 0.274. The molecule has 4 rings (SSSR count). The normalized spacial score (nSPS) is 11.8. The SMILES string of the molecule is Cc1cc(C)c(NC(Cc2ccc(-c3cc(CNc4ncc[nH]4)sn3)cc2)C(=O)O)c(C)c1. The number of hydrogen-bond donors (Lipinski definition) is 4. The van der Waals surface area contributed by atoms with E-state index in [-0.39, 0.29) is 0 Å². The predicted octanol–water partition coefficient (Wildman–Crippen LogP) is 5.18. The summed E-state index contributed by atoms with van der Waals surface area (Å²) in [6.45, 7) is 6.69. The number of benzene rings is 2. The Bertz CT molecular complexity index is 1210. The summed E-state index contributed by atoms with van der Waals surface area (Å²) < 4.78 is 4.55. The highest BCUT2D eigenvalue weighted by Gasteiger charge is 2.20. The highest BCUT2D eigenvalue weighted by atomic mass is 32.1. The van der Waals surface area contributed by atoms with E-state index in [2.05, 4.69) is 43.2 Å². The number of nitrogens with zero attached hydrogens (tertiary/aromatic N) is 2. The predicted molar refractivity (Wildman–Crippen MR) is 133 cm³/mol. The molecule has 0 amide bonds. The summed E-state index contributed by atoms with van der Waals surface area (Å²) in [7, 11) is 0. The van der Waals surface area contributed by atoms with Crippen molar-refractivity contribution in [3.05, 3.63) is 82.0 Å². The van der Waals surface area contributed by atoms with Gasteiger partial charge in [-0.25, -0.2) is 9.78 Å². The Hall–Kier alpha value is -3.65. The fourth-order valence-corrected chi connectivity index (χ4v) is 4.57. The summed E-state index contributed by atoms with van der Waals surface area (Å²) in [5.41, 5.74) is 7.02. The van der Waals surface area contributed by atoms with E-state index in [1.165, 1.54) is 17.1 Å². The second kappa shape index (κ2) is 9.87. The van der Waals surface area contributed by atoms with Crippen LogP contribution >= 0.6 is 11.5 Å². The van der Waals surface area contributed by atoms with Crippen LogP contribution in [-0.4, -0.2) is 31.5 Å². The molecule has 0 radical (unpaired) electrons. The molecule has 7 nitrogen and oxygen atoms in total. The van der Waals surface area contributed by atoms with Crippen molar-refractivity contribution in [3.63, 3.8) is 0 Å². The first-order valence-electron chi connectivity index (χ1n) is 10.7. The van der Waals surface area contributed by atoms with Crippen LogP contribution in [0.5, 0.6) is 0 Å². The van der Waals surface area contributed by atoms with E-state index in [0.29, 0.717) is 13.0 Å². The van der Waals surface area contributed by atoms with E-state index in [9.17, 15) is 9.90 Å². The number of aromatic amines is 1. The Morgan fingerprint density at radius 3 is 2.48 bits per heavy atom. The van der Waals surface area contributed by atoms with Gasteiger partial charge in [0.05, 0.1) is 12.2 Å². The molecule has 4 N–H and O–H groups in total. The second-order valence-electron chi connectivity index (χ2n) is 8.18. The van der Waals surface area contributed by atoms with Crippen molar-refractivity contribution in [2.75, 3.05) is 10.6 Å². The van der Waals surface area contributed by atoms with E-state index in [4.69, 9.17) is 0 Å². The van der Waals surface area contributed by atoms with Crippen LogP contribution in [0.1, 0.15) is 27.1 Å². The summed E-state index contributed by atoms with van der Waals surface area (Å²) in [6, 6.07) is 13.4. The lowest BCUT2D eigenvalue weighted by atomic mass is 10.0. The van der Waals surface area contributed by atoms with E-state index >= 15 is 0 Å². The molecule has 2 heterocycles. The van der Waals surface area contributed by atoms with Gasteiger partial charge in [-0.3, -0.25) is 0 Å². The summed E-state index contributed by atoms with van der Waals surface area (Å²) in [6.07, 6.45) is 3.86. The molecule has 0 saturated heterocycles. The number of hydrogen-bond acceptors (Lipinski definition) is 6. The Balaban J connectivity index is 1.42. The zero-order valence-electron chi connectivity index (χ0n) is 18.8. The third-order valence-corrected chi connectivity index (χ3v) is 6.26. The fourth-order valence-electron chi connectivity index (χ4n) is 3.89. The maximum Gasteiger partial charge on any atom is 0.326 e. The Labute approximate surface area is 197 Å². The standard InChI is InChI=1S/C25H27N5O2S/c1-15-10-16(2)23(17(3)11-15)29-22(24(31)32)12-18-4-6-19(7-5-18)21-13-20(33-30-21)14-28-25-26-8-9-27-25/h4-11,13,22,29H,12,14H2,1-3H3,(H,31,32)(H2,26,27,28). The second-order valence-corrected chi connectivity index (χ2v) is 9.07. The van der Waals surface area contributed by atoms with Crippen LogP contribution in [0.15, 0.2) is 54.9 Å². The molecule has 0 fully saturated rings. The lowest BCUT2D eigenvalue weighted by molar-refractivity contribution is -0.137. The van der Waals surface area contributed by atoms with Gasteiger partial charge in [0.25, 0.3) is 0 Å². The van der Waals surface area contributed by atoms with Gasteiger partial charge in [0, 0.05) is 34.9 Å². The van der Waals surface area contributed by atoms with Gasteiger partial charge >= 0.3 is 5.97 Å². The highest BCUT2D eigenvalue weighted by molar-refractivity contribution is 7.06. The number of anilines is 2. The van der Waals surface area contributed by atoms with E-state index < -0.39 is 12.0 Å². The largest absolute Gasteiger partial charge is 0.480 e. The summed E-state index contributed by atoms with van der Waals surface area (Å²) >= 11 is 1.45. The Morgan fingerprint density at radius 1 is 1.12 bits per heavy atom. The topological polar surface area (TPSA) is 103 Å². The minimum atomic E-state index is -0.869. The number of imidazole rings is 1. The molecule has 33 heavy (non-hydrogen) atoms. The lowest BCUT2D eigenvalue weighted by Crippen LogP contribution is -2.32. The number of aromatic nitrogens is 3. The van der Waals surface area contributed by atoms with Gasteiger partial charge in [0.15, 0.2) is 5.95 Å². The average Bonchev–Trinajstić information content (AvgIpc) is 3.46. The van der Waals surface area contributed by atoms with Crippen molar-refractivity contribution < 1.29 is 9.90 Å². The van der Waals surface area contributed by atoms with Gasteiger partial charge in [0.1, 0.15) is 6.04 Å². The molecule has 2 aromatic heterocycles. The number of aryl methyl sites for hydroxylation is 3. The lowest BCUT2D eigenvalue weighted by Gasteiger charge is -2.20. The summed E-state index contributed by atoms with van der Waals surface area (Å²) in [4.78, 5) is 20.2. The monoisotopic (exact) mass is 461 g/mol. The zero-order valence-corrected chi connectivity index (χ0v) is 19.7. The number of H-pyrrole nitrogens is 1. The van der Waals surface area contributed by atoms with Crippen molar-refractivity contribution in [3.8, 4) is 11.3 Å². The highest BCUT2D eigenvalue weighted by Crippen LogP contribution is 2.25. The van der Waals surface area contributed by atoms with Gasteiger partial charge in [-0.05, 0) is 55.1 Å². The minimum absolute atomic E-state index is 0.387. The van der Waals surface area contributed by atoms with Gasteiger partial charge in [-0.15, -0.1) is 0 Å². The van der Waals surface area contributed by atoms with Crippen molar-refractivity contribution in [2.24, 2.45) is 0 Å². The molecule has 4 aromatic rings. The Kier molecular flexibility index (Phi) is 6.74. The van der Waals surface area contributed by atoms with Crippen LogP contribution in [0.2, 0.25) is 0 Å². The summed E-state index contributed by atoms with van der Waals surface area (Å²) in [5, 5.41) is 16.3. The van der Waals surface area contributed by atoms with Crippen molar-refractivity contribution >= 4 is 29.1 Å². The molecule has 1 atom stereocenters. The maximum absolute atomic E-state index is 12.0. The number of carbonyl (C=O) groups is 1. The van der Waals surface area contributed by atoms with Gasteiger partial charge in [0.2, 0.25) is 0 Å². The fraction of sp³-hybridized carbons (Fsp3) is 0.240. The minimum Gasteiger partial charge on any atom is -0.480 e. The number of nitrogens with one attached hydrogen (secondary N) is 3. The molecule has 0 spiro atoms. The number of rotatable bonds is 9. The molecule has 0 bridgehead atoms. The first kappa shape index (κ1) is 22.5. The van der Waals surface area contributed by atoms with Crippen molar-refractivity contribution in [1.82, 2.24) is 14.3 Å². The van der Waals surface area contributed by atoms with Crippen molar-refractivity contribution in [1.29, 1.82) is 0 Å². The number of carboxylic acids is 1. The first-order valence-corrected chi connectivity index (χ1v) is 11.5. The van der Waals surface area contributed by atoms with Crippen molar-refractivity contribution in [2.45, 2.75) is 39.8 Å². The van der Waals surface area contributed by atoms with E-state index in [1.807, 2.05) is 45.0 Å². The Morgan fingerprint density at radius 2 is 1.85 bits per heavy atom. The van der Waals surface area contributed by atoms with Crippen LogP contribution in [0.25, 0.3) is 11.3 Å². The molecule has 0 aliphatic rings. The molecular formula is C25H27N5O2S. The average molecular weight is 462 g/mol. The molecule has 8 heteroatoms. The third-order valence-electron chi connectivity index (χ3n) is 5.47. The molecule has 0 saturated carbocycles. The smallest absolute Gasteiger partial charge is 0.326 e. The van der Waals surface area contributed by atoms with Crippen LogP contribution in [0, 0.1) is 20.8 Å². The van der Waals surface area contributed by atoms with E-state index in [1.54, 1.807) is 12.4 Å². The molecule has 170 valence electrons. The first-order chi connectivity index (χ1) is 15.9. The molecule has 0 aliphatic heterocycles. The van der Waals surface area contributed by atoms with Gasteiger partial charge in [-0.1, -0.05) is 42.0 Å². The molecular weight excluding hydrogens is 434 g/mol. The molecule has 1 unspecified atom stereocenters. The van der Waals surface area contributed by atoms with E-state index in [0.717, 1.165) is 44.5 Å². The van der Waals surface area contributed by atoms with Crippen LogP contribution < -0.4 is 10.6 Å². The van der Waals surface area contributed by atoms with Crippen LogP contribution in [0.4, 0.5) is 11.6 Å².